The third kappa shape index (κ3) is 2.99. The Bertz CT molecular complexity index is 937. The Morgan fingerprint density at radius 1 is 1.30 bits per heavy atom. The molecule has 0 amide bonds. The highest BCUT2D eigenvalue weighted by molar-refractivity contribution is 6.31. The van der Waals surface area contributed by atoms with Crippen LogP contribution in [0.15, 0.2) is 35.1 Å². The van der Waals surface area contributed by atoms with E-state index < -0.39 is 0 Å². The normalized spacial score (nSPS) is 28.4. The lowest BCUT2D eigenvalue weighted by Crippen LogP contribution is -2.49. The van der Waals surface area contributed by atoms with Crippen LogP contribution in [0.5, 0.6) is 0 Å². The number of amidine groups is 1. The molecule has 27 heavy (non-hydrogen) atoms. The zero-order chi connectivity index (χ0) is 18.5. The molecule has 0 spiro atoms. The van der Waals surface area contributed by atoms with Crippen molar-refractivity contribution in [2.45, 2.75) is 43.8 Å². The number of pyridine rings is 1. The van der Waals surface area contributed by atoms with Crippen LogP contribution in [0.25, 0.3) is 11.0 Å². The van der Waals surface area contributed by atoms with Crippen molar-refractivity contribution >= 4 is 28.5 Å². The van der Waals surface area contributed by atoms with Gasteiger partial charge in [-0.15, -0.1) is 0 Å². The third-order valence-corrected chi connectivity index (χ3v) is 6.30. The maximum atomic E-state index is 14.5. The second-order valence-corrected chi connectivity index (χ2v) is 8.12. The number of rotatable bonds is 3. The lowest BCUT2D eigenvalue weighted by atomic mass is 9.98. The molecule has 0 radical (unpaired) electrons. The number of hydrogen-bond donors (Lipinski definition) is 3. The Balaban J connectivity index is 1.35. The van der Waals surface area contributed by atoms with Gasteiger partial charge in [-0.25, -0.2) is 9.37 Å². The highest BCUT2D eigenvalue weighted by Crippen LogP contribution is 2.34. The van der Waals surface area contributed by atoms with Gasteiger partial charge in [-0.2, -0.15) is 0 Å². The third-order valence-electron chi connectivity index (χ3n) is 6.09. The van der Waals surface area contributed by atoms with E-state index >= 15 is 0 Å². The SMILES string of the molecule is CN1C2CCC1CC(NC1=C(F)CN=C(c3c[nH]c4ncc(Cl)cc34)N1)C2. The summed E-state index contributed by atoms with van der Waals surface area (Å²) in [6.07, 6.45) is 8.00. The summed E-state index contributed by atoms with van der Waals surface area (Å²) in [7, 11) is 2.21. The molecule has 2 bridgehead atoms. The van der Waals surface area contributed by atoms with Gasteiger partial charge in [0.15, 0.2) is 5.83 Å². The van der Waals surface area contributed by atoms with Gasteiger partial charge in [-0.05, 0) is 38.8 Å². The van der Waals surface area contributed by atoms with E-state index in [2.05, 4.69) is 37.5 Å². The van der Waals surface area contributed by atoms with E-state index in [4.69, 9.17) is 11.6 Å². The maximum Gasteiger partial charge on any atom is 0.162 e. The average molecular weight is 389 g/mol. The first-order valence-corrected chi connectivity index (χ1v) is 9.78. The molecule has 2 saturated heterocycles. The highest BCUT2D eigenvalue weighted by Gasteiger charge is 2.39. The van der Waals surface area contributed by atoms with E-state index in [1.54, 1.807) is 6.20 Å². The number of aliphatic imine (C=N–C) groups is 1. The number of hydrogen-bond acceptors (Lipinski definition) is 5. The Kier molecular flexibility index (Phi) is 4.09. The standard InChI is InChI=1S/C19H22ClFN6/c1-27-12-2-3-13(27)6-11(5-12)25-19-16(21)9-24-18(26-19)15-8-23-17-14(15)4-10(20)7-22-17/h4,7-8,11-13,25H,2-3,5-6,9H2,1H3,(H,22,23)(H,24,26). The minimum absolute atomic E-state index is 0.0326. The predicted octanol–water partition coefficient (Wildman–Crippen LogP) is 2.92. The van der Waals surface area contributed by atoms with E-state index in [0.29, 0.717) is 28.8 Å². The Labute approximate surface area is 161 Å². The van der Waals surface area contributed by atoms with E-state index in [1.807, 2.05) is 12.3 Å². The van der Waals surface area contributed by atoms with E-state index in [0.717, 1.165) is 29.4 Å². The molecule has 2 aromatic rings. The van der Waals surface area contributed by atoms with Gasteiger partial charge in [-0.1, -0.05) is 11.6 Å². The largest absolute Gasteiger partial charge is 0.367 e. The summed E-state index contributed by atoms with van der Waals surface area (Å²) < 4.78 is 14.5. The van der Waals surface area contributed by atoms with Crippen LogP contribution < -0.4 is 10.6 Å². The molecule has 2 fully saturated rings. The molecule has 0 aliphatic carbocycles. The molecular formula is C19H22ClFN6. The predicted molar refractivity (Wildman–Crippen MR) is 105 cm³/mol. The fourth-order valence-electron chi connectivity index (χ4n) is 4.63. The first kappa shape index (κ1) is 17.0. The Hall–Kier alpha value is -2.12. The molecule has 142 valence electrons. The molecule has 3 N–H and O–H groups in total. The number of aromatic nitrogens is 2. The number of nitrogens with one attached hydrogen (secondary N) is 3. The van der Waals surface area contributed by atoms with Crippen LogP contribution in [0, 0.1) is 0 Å². The molecule has 0 saturated carbocycles. The monoisotopic (exact) mass is 388 g/mol. The molecule has 8 heteroatoms. The molecule has 3 aliphatic heterocycles. The van der Waals surface area contributed by atoms with Gasteiger partial charge in [0.05, 0.1) is 11.6 Å². The van der Waals surface area contributed by atoms with Gasteiger partial charge in [0.25, 0.3) is 0 Å². The van der Waals surface area contributed by atoms with Gasteiger partial charge >= 0.3 is 0 Å². The van der Waals surface area contributed by atoms with Gasteiger partial charge in [-0.3, -0.25) is 4.99 Å². The minimum atomic E-state index is -0.249. The molecule has 5 rings (SSSR count). The smallest absolute Gasteiger partial charge is 0.162 e. The molecule has 2 aromatic heterocycles. The number of halogens is 2. The number of H-pyrrole nitrogens is 1. The molecule has 6 nitrogen and oxygen atoms in total. The summed E-state index contributed by atoms with van der Waals surface area (Å²) in [6, 6.07) is 3.33. The molecule has 5 heterocycles. The number of aromatic amines is 1. The van der Waals surface area contributed by atoms with Crippen molar-refractivity contribution in [1.82, 2.24) is 25.5 Å². The fourth-order valence-corrected chi connectivity index (χ4v) is 4.79. The molecular weight excluding hydrogens is 367 g/mol. The first-order chi connectivity index (χ1) is 13.1. The Morgan fingerprint density at radius 3 is 2.85 bits per heavy atom. The lowest BCUT2D eigenvalue weighted by Gasteiger charge is -2.37. The van der Waals surface area contributed by atoms with Crippen molar-refractivity contribution < 1.29 is 4.39 Å². The quantitative estimate of drug-likeness (QED) is 0.756. The van der Waals surface area contributed by atoms with Crippen molar-refractivity contribution in [3.05, 3.63) is 40.7 Å². The van der Waals surface area contributed by atoms with Crippen molar-refractivity contribution in [3.63, 3.8) is 0 Å². The van der Waals surface area contributed by atoms with Gasteiger partial charge in [0, 0.05) is 41.5 Å². The van der Waals surface area contributed by atoms with Crippen molar-refractivity contribution in [1.29, 1.82) is 0 Å². The van der Waals surface area contributed by atoms with Crippen LogP contribution in [0.1, 0.15) is 31.2 Å². The number of fused-ring (bicyclic) bond motifs is 3. The van der Waals surface area contributed by atoms with Crippen LogP contribution in [-0.4, -0.2) is 52.4 Å². The van der Waals surface area contributed by atoms with Gasteiger partial charge < -0.3 is 20.5 Å². The zero-order valence-corrected chi connectivity index (χ0v) is 15.9. The van der Waals surface area contributed by atoms with E-state index in [-0.39, 0.29) is 18.4 Å². The van der Waals surface area contributed by atoms with Crippen molar-refractivity contribution in [2.24, 2.45) is 4.99 Å². The zero-order valence-electron chi connectivity index (χ0n) is 15.1. The number of nitrogens with zero attached hydrogens (tertiary/aromatic N) is 3. The van der Waals surface area contributed by atoms with Crippen LogP contribution in [0.2, 0.25) is 5.02 Å². The van der Waals surface area contributed by atoms with Crippen LogP contribution in [-0.2, 0) is 0 Å². The first-order valence-electron chi connectivity index (χ1n) is 9.40. The second kappa shape index (κ2) is 6.49. The average Bonchev–Trinajstić information content (AvgIpc) is 3.13. The summed E-state index contributed by atoms with van der Waals surface area (Å²) in [4.78, 5) is 14.2. The van der Waals surface area contributed by atoms with Crippen molar-refractivity contribution in [2.75, 3.05) is 13.6 Å². The van der Waals surface area contributed by atoms with E-state index in [9.17, 15) is 4.39 Å². The summed E-state index contributed by atoms with van der Waals surface area (Å²) in [6.45, 7) is 0.0326. The fraction of sp³-hybridized carbons (Fsp3) is 0.474. The molecule has 0 aromatic carbocycles. The van der Waals surface area contributed by atoms with Gasteiger partial charge in [0.2, 0.25) is 0 Å². The lowest BCUT2D eigenvalue weighted by molar-refractivity contribution is 0.152. The van der Waals surface area contributed by atoms with Crippen LogP contribution in [0.3, 0.4) is 0 Å². The van der Waals surface area contributed by atoms with Crippen LogP contribution in [0.4, 0.5) is 4.39 Å². The van der Waals surface area contributed by atoms with E-state index in [1.165, 1.54) is 12.8 Å². The van der Waals surface area contributed by atoms with Gasteiger partial charge in [0.1, 0.15) is 17.3 Å². The summed E-state index contributed by atoms with van der Waals surface area (Å²) >= 11 is 6.09. The minimum Gasteiger partial charge on any atom is -0.367 e. The second-order valence-electron chi connectivity index (χ2n) is 7.68. The number of piperidine rings is 1. The highest BCUT2D eigenvalue weighted by atomic mass is 35.5. The Morgan fingerprint density at radius 2 is 2.07 bits per heavy atom. The molecule has 2 unspecified atom stereocenters. The van der Waals surface area contributed by atoms with Crippen LogP contribution >= 0.6 is 11.6 Å². The summed E-state index contributed by atoms with van der Waals surface area (Å²) in [5, 5.41) is 8.00. The summed E-state index contributed by atoms with van der Waals surface area (Å²) in [5.41, 5.74) is 1.57. The molecule has 2 atom stereocenters. The maximum absolute atomic E-state index is 14.5. The molecule has 3 aliphatic rings. The topological polar surface area (TPSA) is 68.3 Å². The summed E-state index contributed by atoms with van der Waals surface area (Å²) in [5.74, 6) is 0.824. The van der Waals surface area contributed by atoms with Crippen molar-refractivity contribution in [3.8, 4) is 0 Å².